The second-order valence-electron chi connectivity index (χ2n) is 4.62. The molecule has 4 nitrogen and oxygen atoms in total. The maximum absolute atomic E-state index is 5.87. The van der Waals surface area contributed by atoms with Crippen LogP contribution in [0.3, 0.4) is 0 Å². The van der Waals surface area contributed by atoms with Crippen LogP contribution < -0.4 is 10.6 Å². The van der Waals surface area contributed by atoms with E-state index in [4.69, 9.17) is 11.6 Å². The van der Waals surface area contributed by atoms with E-state index in [1.54, 1.807) is 0 Å². The zero-order chi connectivity index (χ0) is 14.4. The molecule has 1 aromatic heterocycles. The molecule has 5 heteroatoms. The third-order valence-corrected chi connectivity index (χ3v) is 3.03. The van der Waals surface area contributed by atoms with E-state index < -0.39 is 0 Å². The van der Waals surface area contributed by atoms with Crippen LogP contribution in [-0.2, 0) is 6.54 Å². The van der Waals surface area contributed by atoms with Crippen LogP contribution in [0.5, 0.6) is 0 Å². The van der Waals surface area contributed by atoms with E-state index in [9.17, 15) is 0 Å². The van der Waals surface area contributed by atoms with Crippen LogP contribution in [0.15, 0.2) is 30.3 Å². The Morgan fingerprint density at radius 3 is 2.55 bits per heavy atom. The lowest BCUT2D eigenvalue weighted by atomic mass is 10.2. The van der Waals surface area contributed by atoms with E-state index in [0.717, 1.165) is 35.1 Å². The number of nitrogens with zero attached hydrogens (tertiary/aromatic N) is 2. The van der Waals surface area contributed by atoms with Gasteiger partial charge >= 0.3 is 0 Å². The first-order chi connectivity index (χ1) is 9.67. The number of rotatable bonds is 6. The number of aryl methyl sites for hydroxylation is 1. The minimum absolute atomic E-state index is 0.638. The summed E-state index contributed by atoms with van der Waals surface area (Å²) in [5.41, 5.74) is 2.08. The molecule has 106 valence electrons. The van der Waals surface area contributed by atoms with Gasteiger partial charge in [-0.05, 0) is 31.0 Å². The highest BCUT2D eigenvalue weighted by Crippen LogP contribution is 2.13. The predicted octanol–water partition coefficient (Wildman–Crippen LogP) is 3.87. The number of hydrogen-bond donors (Lipinski definition) is 2. The fraction of sp³-hybridized carbons (Fsp3) is 0.333. The highest BCUT2D eigenvalue weighted by molar-refractivity contribution is 6.30. The van der Waals surface area contributed by atoms with Crippen LogP contribution >= 0.6 is 11.6 Å². The zero-order valence-corrected chi connectivity index (χ0v) is 12.5. The van der Waals surface area contributed by atoms with Crippen LogP contribution in [0.2, 0.25) is 5.02 Å². The SMILES string of the molecule is CCCNc1cc(C)nc(NCc2ccc(Cl)cc2)n1. The van der Waals surface area contributed by atoms with Crippen molar-refractivity contribution in [2.24, 2.45) is 0 Å². The Morgan fingerprint density at radius 1 is 1.10 bits per heavy atom. The summed E-state index contributed by atoms with van der Waals surface area (Å²) in [4.78, 5) is 8.83. The van der Waals surface area contributed by atoms with Gasteiger partial charge in [0.25, 0.3) is 0 Å². The van der Waals surface area contributed by atoms with Gasteiger partial charge in [0.05, 0.1) is 0 Å². The van der Waals surface area contributed by atoms with Gasteiger partial charge in [0, 0.05) is 29.9 Å². The van der Waals surface area contributed by atoms with Crippen LogP contribution in [0.4, 0.5) is 11.8 Å². The number of anilines is 2. The van der Waals surface area contributed by atoms with Crippen molar-refractivity contribution in [2.75, 3.05) is 17.2 Å². The summed E-state index contributed by atoms with van der Waals surface area (Å²) in [7, 11) is 0. The van der Waals surface area contributed by atoms with Gasteiger partial charge in [-0.2, -0.15) is 4.98 Å². The standard InChI is InChI=1S/C15H19ClN4/c1-3-8-17-14-9-11(2)19-15(20-14)18-10-12-4-6-13(16)7-5-12/h4-7,9H,3,8,10H2,1-2H3,(H2,17,18,19,20). The van der Waals surface area contributed by atoms with Crippen LogP contribution in [0.1, 0.15) is 24.6 Å². The zero-order valence-electron chi connectivity index (χ0n) is 11.8. The molecular formula is C15H19ClN4. The predicted molar refractivity (Wildman–Crippen MR) is 84.3 cm³/mol. The van der Waals surface area contributed by atoms with Crippen molar-refractivity contribution in [3.05, 3.63) is 46.6 Å². The van der Waals surface area contributed by atoms with Gasteiger partial charge < -0.3 is 10.6 Å². The minimum Gasteiger partial charge on any atom is -0.370 e. The Morgan fingerprint density at radius 2 is 1.85 bits per heavy atom. The monoisotopic (exact) mass is 290 g/mol. The van der Waals surface area contributed by atoms with E-state index in [1.165, 1.54) is 0 Å². The lowest BCUT2D eigenvalue weighted by Gasteiger charge is -2.09. The highest BCUT2D eigenvalue weighted by Gasteiger charge is 2.02. The maximum Gasteiger partial charge on any atom is 0.225 e. The topological polar surface area (TPSA) is 49.8 Å². The Labute approximate surface area is 124 Å². The summed E-state index contributed by atoms with van der Waals surface area (Å²) < 4.78 is 0. The van der Waals surface area contributed by atoms with Gasteiger partial charge in [-0.1, -0.05) is 30.7 Å². The molecule has 0 saturated carbocycles. The summed E-state index contributed by atoms with van der Waals surface area (Å²) in [6.45, 7) is 5.67. The minimum atomic E-state index is 0.638. The van der Waals surface area contributed by atoms with Crippen LogP contribution in [-0.4, -0.2) is 16.5 Å². The molecule has 0 aliphatic carbocycles. The first kappa shape index (κ1) is 14.6. The highest BCUT2D eigenvalue weighted by atomic mass is 35.5. The van der Waals surface area contributed by atoms with E-state index in [1.807, 2.05) is 37.3 Å². The second-order valence-corrected chi connectivity index (χ2v) is 5.06. The van der Waals surface area contributed by atoms with E-state index in [0.29, 0.717) is 12.5 Å². The van der Waals surface area contributed by atoms with Crippen LogP contribution in [0, 0.1) is 6.92 Å². The average molecular weight is 291 g/mol. The summed E-state index contributed by atoms with van der Waals surface area (Å²) in [6, 6.07) is 9.68. The lowest BCUT2D eigenvalue weighted by Crippen LogP contribution is -2.08. The quantitative estimate of drug-likeness (QED) is 0.848. The number of aromatic nitrogens is 2. The Hall–Kier alpha value is -1.81. The van der Waals surface area contributed by atoms with E-state index in [2.05, 4.69) is 27.5 Å². The summed E-state index contributed by atoms with van der Waals surface area (Å²) >= 11 is 5.87. The van der Waals surface area contributed by atoms with Crippen molar-refractivity contribution >= 4 is 23.4 Å². The molecule has 20 heavy (non-hydrogen) atoms. The summed E-state index contributed by atoms with van der Waals surface area (Å²) in [5, 5.41) is 7.25. The smallest absolute Gasteiger partial charge is 0.225 e. The Balaban J connectivity index is 2.01. The molecule has 0 fully saturated rings. The van der Waals surface area contributed by atoms with E-state index in [-0.39, 0.29) is 0 Å². The molecule has 1 aromatic carbocycles. The molecule has 0 aliphatic heterocycles. The first-order valence-electron chi connectivity index (χ1n) is 6.75. The average Bonchev–Trinajstić information content (AvgIpc) is 2.44. The summed E-state index contributed by atoms with van der Waals surface area (Å²) in [6.07, 6.45) is 1.07. The molecule has 0 spiro atoms. The molecule has 0 aliphatic rings. The lowest BCUT2D eigenvalue weighted by molar-refractivity contribution is 0.956. The molecule has 0 bridgehead atoms. The van der Waals surface area contributed by atoms with Gasteiger partial charge in [-0.3, -0.25) is 0 Å². The van der Waals surface area contributed by atoms with Crippen LogP contribution in [0.25, 0.3) is 0 Å². The number of benzene rings is 1. The van der Waals surface area contributed by atoms with Crippen molar-refractivity contribution in [3.8, 4) is 0 Å². The molecule has 0 radical (unpaired) electrons. The largest absolute Gasteiger partial charge is 0.370 e. The normalized spacial score (nSPS) is 10.3. The number of hydrogen-bond acceptors (Lipinski definition) is 4. The number of nitrogens with one attached hydrogen (secondary N) is 2. The van der Waals surface area contributed by atoms with Crippen molar-refractivity contribution in [3.63, 3.8) is 0 Å². The molecule has 0 atom stereocenters. The molecule has 2 aromatic rings. The third-order valence-electron chi connectivity index (χ3n) is 2.77. The van der Waals surface area contributed by atoms with Gasteiger partial charge in [-0.15, -0.1) is 0 Å². The van der Waals surface area contributed by atoms with E-state index >= 15 is 0 Å². The van der Waals surface area contributed by atoms with Crippen molar-refractivity contribution in [2.45, 2.75) is 26.8 Å². The Bertz CT molecular complexity index is 554. The number of halogens is 1. The molecule has 2 rings (SSSR count). The van der Waals surface area contributed by atoms with Gasteiger partial charge in [0.2, 0.25) is 5.95 Å². The third kappa shape index (κ3) is 4.38. The van der Waals surface area contributed by atoms with Crippen molar-refractivity contribution in [1.29, 1.82) is 0 Å². The van der Waals surface area contributed by atoms with Crippen molar-refractivity contribution in [1.82, 2.24) is 9.97 Å². The Kier molecular flexibility index (Phi) is 5.18. The van der Waals surface area contributed by atoms with Gasteiger partial charge in [-0.25, -0.2) is 4.98 Å². The van der Waals surface area contributed by atoms with Crippen molar-refractivity contribution < 1.29 is 0 Å². The first-order valence-corrected chi connectivity index (χ1v) is 7.13. The molecule has 0 amide bonds. The van der Waals surface area contributed by atoms with Gasteiger partial charge in [0.15, 0.2) is 0 Å². The second kappa shape index (κ2) is 7.10. The molecule has 1 heterocycles. The molecule has 0 saturated heterocycles. The molecular weight excluding hydrogens is 272 g/mol. The molecule has 0 unspecified atom stereocenters. The molecule has 2 N–H and O–H groups in total. The fourth-order valence-electron chi connectivity index (χ4n) is 1.77. The van der Waals surface area contributed by atoms with Gasteiger partial charge in [0.1, 0.15) is 5.82 Å². The fourth-order valence-corrected chi connectivity index (χ4v) is 1.90. The summed E-state index contributed by atoms with van der Waals surface area (Å²) in [5.74, 6) is 1.50. The maximum atomic E-state index is 5.87.